The van der Waals surface area contributed by atoms with Gasteiger partial charge in [-0.1, -0.05) is 12.1 Å². The van der Waals surface area contributed by atoms with Crippen LogP contribution in [0.15, 0.2) is 24.3 Å². The normalized spacial score (nSPS) is 15.4. The number of para-hydroxylation sites is 2. The zero-order valence-corrected chi connectivity index (χ0v) is 7.73. The number of fused-ring (bicyclic) bond motifs is 2. The van der Waals surface area contributed by atoms with Crippen molar-refractivity contribution in [1.29, 1.82) is 0 Å². The minimum Gasteiger partial charge on any atom is -0.375 e. The molecule has 0 radical (unpaired) electrons. The zero-order chi connectivity index (χ0) is 9.38. The first-order chi connectivity index (χ1) is 6.93. The first kappa shape index (κ1) is 7.88. The Labute approximate surface area is 81.8 Å². The maximum atomic E-state index is 5.34. The summed E-state index contributed by atoms with van der Waals surface area (Å²) in [5.74, 6) is 0. The fraction of sp³-hybridized carbons (Fsp3) is 0.273. The molecule has 0 fully saturated rings. The second-order valence-electron chi connectivity index (χ2n) is 3.41. The van der Waals surface area contributed by atoms with Crippen LogP contribution in [0.4, 0.5) is 0 Å². The van der Waals surface area contributed by atoms with Crippen molar-refractivity contribution < 1.29 is 4.74 Å². The van der Waals surface area contributed by atoms with Crippen LogP contribution in [0.5, 0.6) is 0 Å². The maximum absolute atomic E-state index is 5.34. The number of aromatic nitrogens is 2. The van der Waals surface area contributed by atoms with Gasteiger partial charge >= 0.3 is 0 Å². The summed E-state index contributed by atoms with van der Waals surface area (Å²) in [6.45, 7) is 1.37. The van der Waals surface area contributed by atoms with Crippen LogP contribution in [0.3, 0.4) is 0 Å². The van der Waals surface area contributed by atoms with Gasteiger partial charge in [0, 0.05) is 6.42 Å². The summed E-state index contributed by atoms with van der Waals surface area (Å²) in [6, 6.07) is 7.95. The summed E-state index contributed by atoms with van der Waals surface area (Å²) in [4.78, 5) is 9.10. The Kier molecular flexibility index (Phi) is 1.70. The van der Waals surface area contributed by atoms with Crippen LogP contribution in [0.1, 0.15) is 11.4 Å². The second kappa shape index (κ2) is 3.03. The van der Waals surface area contributed by atoms with Gasteiger partial charge in [0.2, 0.25) is 0 Å². The van der Waals surface area contributed by atoms with Crippen molar-refractivity contribution in [1.82, 2.24) is 9.97 Å². The molecule has 70 valence electrons. The van der Waals surface area contributed by atoms with Crippen LogP contribution in [0.25, 0.3) is 11.0 Å². The largest absolute Gasteiger partial charge is 0.375 e. The van der Waals surface area contributed by atoms with Gasteiger partial charge in [-0.15, -0.1) is 0 Å². The first-order valence-corrected chi connectivity index (χ1v) is 4.76. The van der Waals surface area contributed by atoms with E-state index >= 15 is 0 Å². The Morgan fingerprint density at radius 3 is 2.50 bits per heavy atom. The van der Waals surface area contributed by atoms with Crippen LogP contribution >= 0.6 is 0 Å². The third-order valence-electron chi connectivity index (χ3n) is 2.45. The lowest BCUT2D eigenvalue weighted by Gasteiger charge is -2.14. The van der Waals surface area contributed by atoms with Gasteiger partial charge in [-0.05, 0) is 12.1 Å². The molecule has 0 spiro atoms. The molecular weight excluding hydrogens is 176 g/mol. The van der Waals surface area contributed by atoms with E-state index in [0.717, 1.165) is 35.4 Å². The monoisotopic (exact) mass is 186 g/mol. The van der Waals surface area contributed by atoms with Crippen LogP contribution in [-0.4, -0.2) is 16.6 Å². The van der Waals surface area contributed by atoms with Crippen LogP contribution in [0.2, 0.25) is 0 Å². The molecule has 1 aliphatic heterocycles. The van der Waals surface area contributed by atoms with Crippen molar-refractivity contribution in [3.8, 4) is 0 Å². The molecule has 0 aliphatic carbocycles. The van der Waals surface area contributed by atoms with Gasteiger partial charge in [0.1, 0.15) is 0 Å². The number of rotatable bonds is 0. The Hall–Kier alpha value is -1.48. The van der Waals surface area contributed by atoms with Gasteiger partial charge in [-0.3, -0.25) is 0 Å². The SMILES string of the molecule is c1ccc2nc3c(nc2c1)CCOC3. The van der Waals surface area contributed by atoms with Crippen LogP contribution in [-0.2, 0) is 17.8 Å². The van der Waals surface area contributed by atoms with Crippen LogP contribution < -0.4 is 0 Å². The van der Waals surface area contributed by atoms with E-state index in [1.54, 1.807) is 0 Å². The molecule has 0 atom stereocenters. The van der Waals surface area contributed by atoms with E-state index in [0.29, 0.717) is 6.61 Å². The van der Waals surface area contributed by atoms with E-state index in [1.165, 1.54) is 0 Å². The fourth-order valence-corrected chi connectivity index (χ4v) is 1.73. The van der Waals surface area contributed by atoms with E-state index in [-0.39, 0.29) is 0 Å². The Morgan fingerprint density at radius 1 is 1.00 bits per heavy atom. The number of ether oxygens (including phenoxy) is 1. The summed E-state index contributed by atoms with van der Waals surface area (Å²) in [5, 5.41) is 0. The van der Waals surface area contributed by atoms with Gasteiger partial charge in [0.15, 0.2) is 0 Å². The third-order valence-corrected chi connectivity index (χ3v) is 2.45. The minimum absolute atomic E-state index is 0.604. The predicted molar refractivity (Wildman–Crippen MR) is 52.9 cm³/mol. The molecule has 2 heterocycles. The quantitative estimate of drug-likeness (QED) is 0.628. The maximum Gasteiger partial charge on any atom is 0.0906 e. The van der Waals surface area contributed by atoms with Gasteiger partial charge in [-0.25, -0.2) is 9.97 Å². The Bertz CT molecular complexity index is 437. The summed E-state index contributed by atoms with van der Waals surface area (Å²) in [5.41, 5.74) is 4.02. The summed E-state index contributed by atoms with van der Waals surface area (Å²) >= 11 is 0. The van der Waals surface area contributed by atoms with E-state index < -0.39 is 0 Å². The summed E-state index contributed by atoms with van der Waals surface area (Å²) in [6.07, 6.45) is 0.882. The smallest absolute Gasteiger partial charge is 0.0906 e. The van der Waals surface area contributed by atoms with E-state index in [2.05, 4.69) is 9.97 Å². The first-order valence-electron chi connectivity index (χ1n) is 4.76. The number of benzene rings is 1. The van der Waals surface area contributed by atoms with Crippen molar-refractivity contribution >= 4 is 11.0 Å². The summed E-state index contributed by atoms with van der Waals surface area (Å²) < 4.78 is 5.34. The molecule has 0 saturated carbocycles. The zero-order valence-electron chi connectivity index (χ0n) is 7.73. The fourth-order valence-electron chi connectivity index (χ4n) is 1.73. The topological polar surface area (TPSA) is 35.0 Å². The molecule has 3 rings (SSSR count). The highest BCUT2D eigenvalue weighted by Crippen LogP contribution is 2.16. The van der Waals surface area contributed by atoms with Crippen molar-refractivity contribution in [2.24, 2.45) is 0 Å². The Morgan fingerprint density at radius 2 is 1.71 bits per heavy atom. The molecule has 0 amide bonds. The number of hydrogen-bond donors (Lipinski definition) is 0. The third kappa shape index (κ3) is 1.17. The Balaban J connectivity index is 2.27. The van der Waals surface area contributed by atoms with Crippen LogP contribution in [0, 0.1) is 0 Å². The average Bonchev–Trinajstić information content (AvgIpc) is 2.26. The molecule has 0 bridgehead atoms. The standard InChI is InChI=1S/C11H10N2O/c1-2-4-9-8(3-1)12-10-5-6-14-7-11(10)13-9/h1-4H,5-7H2. The van der Waals surface area contributed by atoms with Crippen molar-refractivity contribution in [2.75, 3.05) is 6.61 Å². The molecule has 0 unspecified atom stereocenters. The molecule has 0 saturated heterocycles. The minimum atomic E-state index is 0.604. The van der Waals surface area contributed by atoms with E-state index in [4.69, 9.17) is 4.74 Å². The van der Waals surface area contributed by atoms with Crippen molar-refractivity contribution in [3.63, 3.8) is 0 Å². The van der Waals surface area contributed by atoms with Gasteiger partial charge in [0.25, 0.3) is 0 Å². The lowest BCUT2D eigenvalue weighted by atomic mass is 10.2. The molecule has 3 heteroatoms. The molecule has 14 heavy (non-hydrogen) atoms. The average molecular weight is 186 g/mol. The van der Waals surface area contributed by atoms with Gasteiger partial charge in [-0.2, -0.15) is 0 Å². The summed E-state index contributed by atoms with van der Waals surface area (Å²) in [7, 11) is 0. The van der Waals surface area contributed by atoms with E-state index in [1.807, 2.05) is 24.3 Å². The van der Waals surface area contributed by atoms with Gasteiger partial charge < -0.3 is 4.74 Å². The number of nitrogens with zero attached hydrogens (tertiary/aromatic N) is 2. The molecule has 0 N–H and O–H groups in total. The van der Waals surface area contributed by atoms with Gasteiger partial charge in [0.05, 0.1) is 35.6 Å². The lowest BCUT2D eigenvalue weighted by Crippen LogP contribution is -2.13. The molecular formula is C11H10N2O. The van der Waals surface area contributed by atoms with E-state index in [9.17, 15) is 0 Å². The molecule has 2 aromatic rings. The molecule has 1 aromatic carbocycles. The number of hydrogen-bond acceptors (Lipinski definition) is 3. The molecule has 3 nitrogen and oxygen atoms in total. The highest BCUT2D eigenvalue weighted by molar-refractivity contribution is 5.74. The predicted octanol–water partition coefficient (Wildman–Crippen LogP) is 1.70. The van der Waals surface area contributed by atoms with Crippen molar-refractivity contribution in [3.05, 3.63) is 35.7 Å². The molecule has 1 aromatic heterocycles. The van der Waals surface area contributed by atoms with Crippen molar-refractivity contribution in [2.45, 2.75) is 13.0 Å². The highest BCUT2D eigenvalue weighted by Gasteiger charge is 2.12. The molecule has 1 aliphatic rings. The highest BCUT2D eigenvalue weighted by atomic mass is 16.5. The lowest BCUT2D eigenvalue weighted by molar-refractivity contribution is 0.106. The second-order valence-corrected chi connectivity index (χ2v) is 3.41.